The third-order valence-electron chi connectivity index (χ3n) is 6.70. The predicted octanol–water partition coefficient (Wildman–Crippen LogP) is 2.92. The second-order valence-corrected chi connectivity index (χ2v) is 11.6. The van der Waals surface area contributed by atoms with Crippen molar-refractivity contribution in [3.63, 3.8) is 0 Å². The van der Waals surface area contributed by atoms with Crippen molar-refractivity contribution in [1.29, 1.82) is 0 Å². The maximum Gasteiger partial charge on any atom is 0.251 e. The van der Waals surface area contributed by atoms with Crippen LogP contribution in [0.5, 0.6) is 0 Å². The average molecular weight is 521 g/mol. The van der Waals surface area contributed by atoms with E-state index in [0.717, 1.165) is 24.1 Å². The summed E-state index contributed by atoms with van der Waals surface area (Å²) >= 11 is 0. The molecule has 2 amide bonds. The number of hydrogen-bond acceptors (Lipinski definition) is 5. The number of nitrogens with zero attached hydrogens (tertiary/aromatic N) is 1. The van der Waals surface area contributed by atoms with E-state index in [1.807, 2.05) is 0 Å². The van der Waals surface area contributed by atoms with Crippen molar-refractivity contribution in [1.82, 2.24) is 10.2 Å². The summed E-state index contributed by atoms with van der Waals surface area (Å²) in [5.41, 5.74) is 1.19. The van der Waals surface area contributed by atoms with Crippen LogP contribution in [0.15, 0.2) is 48.5 Å². The first-order valence-corrected chi connectivity index (χ1v) is 13.9. The summed E-state index contributed by atoms with van der Waals surface area (Å²) in [4.78, 5) is 27.3. The minimum absolute atomic E-state index is 0.0983. The predicted molar refractivity (Wildman–Crippen MR) is 130 cm³/mol. The number of ether oxygens (including phenoxy) is 1. The van der Waals surface area contributed by atoms with E-state index in [-0.39, 0.29) is 17.1 Å². The van der Waals surface area contributed by atoms with E-state index in [1.165, 1.54) is 29.2 Å². The summed E-state index contributed by atoms with van der Waals surface area (Å²) in [6.45, 7) is 1.31. The average Bonchev–Trinajstić information content (AvgIpc) is 3.63. The molecule has 0 aromatic heterocycles. The van der Waals surface area contributed by atoms with Gasteiger partial charge in [-0.1, -0.05) is 12.1 Å². The molecule has 2 aromatic carbocycles. The van der Waals surface area contributed by atoms with Gasteiger partial charge < -0.3 is 15.0 Å². The molecule has 1 saturated carbocycles. The molecule has 0 radical (unpaired) electrons. The Balaban J connectivity index is 1.35. The Hall–Kier alpha value is -2.85. The van der Waals surface area contributed by atoms with Crippen molar-refractivity contribution in [2.45, 2.75) is 31.2 Å². The summed E-state index contributed by atoms with van der Waals surface area (Å²) in [6.07, 6.45) is 2.10. The number of hydrogen-bond donors (Lipinski definition) is 1. The summed E-state index contributed by atoms with van der Waals surface area (Å²) in [7, 11) is -3.66. The van der Waals surface area contributed by atoms with Crippen LogP contribution in [0.1, 0.15) is 41.1 Å². The molecule has 0 bridgehead atoms. The van der Waals surface area contributed by atoms with Crippen LogP contribution in [0.2, 0.25) is 0 Å². The van der Waals surface area contributed by atoms with Gasteiger partial charge >= 0.3 is 0 Å². The topological polar surface area (TPSA) is 92.8 Å². The fraction of sp³-hybridized carbons (Fsp3) is 0.462. The van der Waals surface area contributed by atoms with Gasteiger partial charge in [0.05, 0.1) is 24.7 Å². The molecule has 1 N–H and O–H groups in total. The lowest BCUT2D eigenvalue weighted by molar-refractivity contribution is -0.136. The molecule has 0 spiro atoms. The van der Waals surface area contributed by atoms with Gasteiger partial charge in [0.2, 0.25) is 5.91 Å². The molecule has 2 fully saturated rings. The van der Waals surface area contributed by atoms with Crippen molar-refractivity contribution in [2.24, 2.45) is 5.92 Å². The van der Waals surface area contributed by atoms with Gasteiger partial charge in [-0.2, -0.15) is 0 Å². The summed E-state index contributed by atoms with van der Waals surface area (Å²) < 4.78 is 57.5. The van der Waals surface area contributed by atoms with E-state index >= 15 is 0 Å². The molecule has 2 aliphatic rings. The van der Waals surface area contributed by atoms with E-state index < -0.39 is 39.3 Å². The van der Waals surface area contributed by atoms with E-state index in [1.54, 1.807) is 12.1 Å². The first-order valence-electron chi connectivity index (χ1n) is 12.1. The maximum atomic E-state index is 13.2. The Morgan fingerprint density at radius 1 is 1.00 bits per heavy atom. The third kappa shape index (κ3) is 7.10. The van der Waals surface area contributed by atoms with Gasteiger partial charge in [0.25, 0.3) is 5.91 Å². The molecule has 3 atom stereocenters. The van der Waals surface area contributed by atoms with Crippen molar-refractivity contribution in [3.05, 3.63) is 71.3 Å². The van der Waals surface area contributed by atoms with Crippen LogP contribution in [0, 0.1) is 17.6 Å². The number of rotatable bonds is 10. The van der Waals surface area contributed by atoms with Gasteiger partial charge in [0, 0.05) is 18.7 Å². The Labute approximate surface area is 209 Å². The number of sulfone groups is 1. The van der Waals surface area contributed by atoms with Crippen LogP contribution in [-0.4, -0.2) is 69.0 Å². The molecule has 36 heavy (non-hydrogen) atoms. The van der Waals surface area contributed by atoms with Crippen molar-refractivity contribution in [3.8, 4) is 0 Å². The molecule has 194 valence electrons. The number of halogens is 2. The summed E-state index contributed by atoms with van der Waals surface area (Å²) in [5, 5.41) is 2.55. The Morgan fingerprint density at radius 3 is 2.25 bits per heavy atom. The largest absolute Gasteiger partial charge is 0.378 e. The zero-order chi connectivity index (χ0) is 25.7. The summed E-state index contributed by atoms with van der Waals surface area (Å²) in [5.74, 6) is -1.84. The van der Waals surface area contributed by atoms with Crippen LogP contribution >= 0.6 is 0 Å². The zero-order valence-corrected chi connectivity index (χ0v) is 20.7. The third-order valence-corrected chi connectivity index (χ3v) is 8.46. The van der Waals surface area contributed by atoms with Gasteiger partial charge in [0.1, 0.15) is 17.7 Å². The van der Waals surface area contributed by atoms with Gasteiger partial charge in [-0.3, -0.25) is 9.59 Å². The fourth-order valence-corrected chi connectivity index (χ4v) is 6.12. The van der Waals surface area contributed by atoms with Gasteiger partial charge in [-0.15, -0.1) is 0 Å². The molecule has 7 nitrogen and oxygen atoms in total. The number of carbonyl (C=O) groups excluding carboxylic acids is 2. The molecule has 2 aromatic rings. The molecule has 0 unspecified atom stereocenters. The van der Waals surface area contributed by atoms with Crippen molar-refractivity contribution < 1.29 is 31.5 Å². The second-order valence-electron chi connectivity index (χ2n) is 9.38. The van der Waals surface area contributed by atoms with Crippen molar-refractivity contribution >= 4 is 21.7 Å². The minimum Gasteiger partial charge on any atom is -0.378 e. The zero-order valence-electron chi connectivity index (χ0n) is 19.9. The molecular weight excluding hydrogens is 490 g/mol. The van der Waals surface area contributed by atoms with E-state index in [2.05, 4.69) is 5.32 Å². The lowest BCUT2D eigenvalue weighted by Crippen LogP contribution is -2.54. The number of nitrogens with one attached hydrogen (secondary N) is 1. The van der Waals surface area contributed by atoms with Gasteiger partial charge in [-0.25, -0.2) is 17.2 Å². The van der Waals surface area contributed by atoms with Gasteiger partial charge in [0.15, 0.2) is 9.84 Å². The molecule has 1 aliphatic carbocycles. The molecular formula is C26H30F2N2O5S. The molecule has 10 heteroatoms. The number of morpholine rings is 1. The van der Waals surface area contributed by atoms with Crippen LogP contribution in [0.25, 0.3) is 0 Å². The summed E-state index contributed by atoms with van der Waals surface area (Å²) in [6, 6.07) is 9.96. The van der Waals surface area contributed by atoms with Gasteiger partial charge in [-0.05, 0) is 73.1 Å². The SMILES string of the molecule is O=C(N[C@@H](CS(=O)(=O)CCC[C@@H]1C[C@H]1c1ccc(F)cc1)C(=O)N1CCOCC1)c1ccc(F)cc1. The van der Waals surface area contributed by atoms with E-state index in [4.69, 9.17) is 4.74 Å². The highest BCUT2D eigenvalue weighted by atomic mass is 32.2. The highest BCUT2D eigenvalue weighted by Crippen LogP contribution is 2.50. The van der Waals surface area contributed by atoms with Crippen LogP contribution in [0.4, 0.5) is 8.78 Å². The molecule has 1 aliphatic heterocycles. The Morgan fingerprint density at radius 2 is 1.61 bits per heavy atom. The second kappa shape index (κ2) is 11.5. The lowest BCUT2D eigenvalue weighted by atomic mass is 10.1. The Kier molecular flexibility index (Phi) is 8.35. The molecule has 1 saturated heterocycles. The first kappa shape index (κ1) is 26.2. The number of benzene rings is 2. The molecule has 1 heterocycles. The van der Waals surface area contributed by atoms with E-state index in [0.29, 0.717) is 51.0 Å². The minimum atomic E-state index is -3.66. The van der Waals surface area contributed by atoms with E-state index in [9.17, 15) is 26.8 Å². The highest BCUT2D eigenvalue weighted by Gasteiger charge is 2.38. The fourth-order valence-electron chi connectivity index (χ4n) is 4.61. The van der Waals surface area contributed by atoms with Crippen LogP contribution < -0.4 is 5.32 Å². The normalized spacial score (nSPS) is 20.6. The molecule has 4 rings (SSSR count). The standard InChI is InChI=1S/C26H30F2N2O5S/c27-21-7-3-18(4-8-21)23-16-20(23)2-1-15-36(33,34)17-24(26(32)30-11-13-35-14-12-30)29-25(31)19-5-9-22(28)10-6-19/h3-10,20,23-24H,1-2,11-17H2,(H,29,31)/t20-,23+,24+/m1/s1. The van der Waals surface area contributed by atoms with Crippen molar-refractivity contribution in [2.75, 3.05) is 37.8 Å². The number of amides is 2. The first-order chi connectivity index (χ1) is 17.2. The number of carbonyl (C=O) groups is 2. The lowest BCUT2D eigenvalue weighted by Gasteiger charge is -2.30. The Bertz CT molecular complexity index is 1170. The maximum absolute atomic E-state index is 13.2. The highest BCUT2D eigenvalue weighted by molar-refractivity contribution is 7.91. The van der Waals surface area contributed by atoms with Crippen LogP contribution in [-0.2, 0) is 19.4 Å². The quantitative estimate of drug-likeness (QED) is 0.520. The monoisotopic (exact) mass is 520 g/mol. The smallest absolute Gasteiger partial charge is 0.251 e. The van der Waals surface area contributed by atoms with Crippen LogP contribution in [0.3, 0.4) is 0 Å².